The number of unbranched alkanes of at least 4 members (excludes halogenated alkanes) is 17. The minimum absolute atomic E-state index is 0.0524. The smallest absolute Gasteiger partial charge is 0.306 e. The Morgan fingerprint density at radius 2 is 0.750 bits per heavy atom. The molecule has 0 aromatic carbocycles. The fourth-order valence-electron chi connectivity index (χ4n) is 6.49. The van der Waals surface area contributed by atoms with E-state index in [0.717, 1.165) is 116 Å². The van der Waals surface area contributed by atoms with Crippen LogP contribution in [-0.4, -0.2) is 37.9 Å². The average Bonchev–Trinajstić information content (AvgIpc) is 3.25. The first-order valence-electron chi connectivity index (χ1n) is 24.8. The molecule has 0 saturated heterocycles. The topological polar surface area (TPSA) is 61.8 Å². The van der Waals surface area contributed by atoms with Crippen molar-refractivity contribution in [3.05, 3.63) is 97.2 Å². The molecular formula is C55H92O5. The number of hydrogen-bond acceptors (Lipinski definition) is 5. The van der Waals surface area contributed by atoms with Gasteiger partial charge in [-0.1, -0.05) is 201 Å². The first-order chi connectivity index (χ1) is 29.6. The van der Waals surface area contributed by atoms with E-state index in [-0.39, 0.29) is 25.2 Å². The van der Waals surface area contributed by atoms with E-state index in [9.17, 15) is 9.59 Å². The first-order valence-corrected chi connectivity index (χ1v) is 24.8. The van der Waals surface area contributed by atoms with Gasteiger partial charge in [0.25, 0.3) is 0 Å². The minimum Gasteiger partial charge on any atom is -0.462 e. The standard InChI is InChI=1S/C55H92O5/c1-4-7-10-13-16-19-22-25-27-28-30-31-33-36-39-42-45-48-54(56)59-52-53(51-58-50-47-44-41-38-35-24-21-18-15-12-9-6-3)60-55(57)49-46-43-40-37-34-32-29-26-23-20-17-14-11-8-5-2/h7-8,10-11,16-17,19-20,25-27,29-31,34,37,53H,4-6,9,12-15,18,21-24,28,32-33,35-36,38-52H2,1-3H3/b10-7-,11-8-,19-16-,20-17-,27-25-,29-26-,31-30-,37-34-. The molecule has 0 saturated carbocycles. The summed E-state index contributed by atoms with van der Waals surface area (Å²) in [6.45, 7) is 7.53. The van der Waals surface area contributed by atoms with Crippen molar-refractivity contribution >= 4 is 11.9 Å². The summed E-state index contributed by atoms with van der Waals surface area (Å²) in [4.78, 5) is 25.3. The van der Waals surface area contributed by atoms with Gasteiger partial charge >= 0.3 is 11.9 Å². The summed E-state index contributed by atoms with van der Waals surface area (Å²) in [5.74, 6) is -0.475. The van der Waals surface area contributed by atoms with Crippen molar-refractivity contribution in [1.29, 1.82) is 0 Å². The zero-order valence-electron chi connectivity index (χ0n) is 39.2. The van der Waals surface area contributed by atoms with Crippen LogP contribution in [-0.2, 0) is 23.8 Å². The number of allylic oxidation sites excluding steroid dienone is 16. The van der Waals surface area contributed by atoms with Crippen molar-refractivity contribution in [3.8, 4) is 0 Å². The van der Waals surface area contributed by atoms with E-state index in [4.69, 9.17) is 14.2 Å². The Morgan fingerprint density at radius 1 is 0.383 bits per heavy atom. The zero-order chi connectivity index (χ0) is 43.5. The van der Waals surface area contributed by atoms with E-state index < -0.39 is 6.10 Å². The van der Waals surface area contributed by atoms with E-state index in [1.165, 1.54) is 64.2 Å². The Labute approximate surface area is 371 Å². The number of hydrogen-bond donors (Lipinski definition) is 0. The third-order valence-electron chi connectivity index (χ3n) is 10.1. The average molecular weight is 833 g/mol. The molecule has 0 spiro atoms. The van der Waals surface area contributed by atoms with E-state index in [2.05, 4.69) is 118 Å². The SMILES string of the molecule is CC/C=C\C/C=C\C/C=C\C/C=C\CCCCCCC(=O)OCC(COCCCCCCCCCCCCCC)OC(=O)CCCC/C=C\C/C=C\C/C=C\C/C=C\CC. The fourth-order valence-corrected chi connectivity index (χ4v) is 6.49. The van der Waals surface area contributed by atoms with Gasteiger partial charge in [0, 0.05) is 19.4 Å². The van der Waals surface area contributed by atoms with Gasteiger partial charge in [0.2, 0.25) is 0 Å². The second kappa shape index (κ2) is 50.2. The van der Waals surface area contributed by atoms with Crippen LogP contribution in [0, 0.1) is 0 Å². The Bertz CT molecular complexity index is 1170. The van der Waals surface area contributed by atoms with Gasteiger partial charge in [-0.25, -0.2) is 0 Å². The fraction of sp³-hybridized carbons (Fsp3) is 0.673. The molecule has 1 atom stereocenters. The number of esters is 2. The number of carbonyl (C=O) groups excluding carboxylic acids is 2. The van der Waals surface area contributed by atoms with Crippen molar-refractivity contribution in [2.75, 3.05) is 19.8 Å². The normalized spacial score (nSPS) is 13.1. The van der Waals surface area contributed by atoms with Gasteiger partial charge in [-0.3, -0.25) is 9.59 Å². The monoisotopic (exact) mass is 833 g/mol. The van der Waals surface area contributed by atoms with E-state index >= 15 is 0 Å². The Balaban J connectivity index is 4.38. The van der Waals surface area contributed by atoms with Crippen LogP contribution in [0.5, 0.6) is 0 Å². The summed E-state index contributed by atoms with van der Waals surface area (Å²) in [5.41, 5.74) is 0. The van der Waals surface area contributed by atoms with Gasteiger partial charge in [-0.2, -0.15) is 0 Å². The van der Waals surface area contributed by atoms with Crippen LogP contribution in [0.1, 0.15) is 213 Å². The first kappa shape index (κ1) is 56.8. The van der Waals surface area contributed by atoms with Crippen molar-refractivity contribution in [2.24, 2.45) is 0 Å². The third-order valence-corrected chi connectivity index (χ3v) is 10.1. The van der Waals surface area contributed by atoms with Gasteiger partial charge in [-0.05, 0) is 96.3 Å². The zero-order valence-corrected chi connectivity index (χ0v) is 39.2. The molecule has 0 N–H and O–H groups in total. The molecule has 5 heteroatoms. The molecule has 0 aromatic rings. The van der Waals surface area contributed by atoms with E-state index in [0.29, 0.717) is 19.4 Å². The molecular weight excluding hydrogens is 741 g/mol. The van der Waals surface area contributed by atoms with Crippen LogP contribution in [0.15, 0.2) is 97.2 Å². The number of rotatable bonds is 44. The molecule has 0 aliphatic carbocycles. The lowest BCUT2D eigenvalue weighted by Crippen LogP contribution is -2.30. The largest absolute Gasteiger partial charge is 0.462 e. The van der Waals surface area contributed by atoms with Crippen LogP contribution in [0.3, 0.4) is 0 Å². The maximum Gasteiger partial charge on any atom is 0.306 e. The lowest BCUT2D eigenvalue weighted by Gasteiger charge is -2.18. The molecule has 0 aliphatic rings. The summed E-state index contributed by atoms with van der Waals surface area (Å²) in [7, 11) is 0. The molecule has 342 valence electrons. The second-order valence-electron chi connectivity index (χ2n) is 16.0. The highest BCUT2D eigenvalue weighted by atomic mass is 16.6. The van der Waals surface area contributed by atoms with Crippen LogP contribution >= 0.6 is 0 Å². The van der Waals surface area contributed by atoms with Gasteiger partial charge in [-0.15, -0.1) is 0 Å². The van der Waals surface area contributed by atoms with Gasteiger partial charge in [0.15, 0.2) is 6.10 Å². The third kappa shape index (κ3) is 47.5. The molecule has 60 heavy (non-hydrogen) atoms. The van der Waals surface area contributed by atoms with Crippen molar-refractivity contribution < 1.29 is 23.8 Å². The molecule has 0 radical (unpaired) electrons. The Morgan fingerprint density at radius 3 is 1.23 bits per heavy atom. The highest BCUT2D eigenvalue weighted by molar-refractivity contribution is 5.70. The molecule has 0 aliphatic heterocycles. The molecule has 1 unspecified atom stereocenters. The molecule has 0 aromatic heterocycles. The van der Waals surface area contributed by atoms with Crippen LogP contribution < -0.4 is 0 Å². The molecule has 0 heterocycles. The molecule has 0 amide bonds. The van der Waals surface area contributed by atoms with E-state index in [1.807, 2.05) is 0 Å². The molecule has 0 fully saturated rings. The molecule has 5 nitrogen and oxygen atoms in total. The maximum absolute atomic E-state index is 12.8. The van der Waals surface area contributed by atoms with Crippen molar-refractivity contribution in [3.63, 3.8) is 0 Å². The summed E-state index contributed by atoms with van der Waals surface area (Å²) < 4.78 is 17.3. The summed E-state index contributed by atoms with van der Waals surface area (Å²) in [6.07, 6.45) is 67.0. The highest BCUT2D eigenvalue weighted by Gasteiger charge is 2.17. The second-order valence-corrected chi connectivity index (χ2v) is 16.0. The lowest BCUT2D eigenvalue weighted by atomic mass is 10.1. The number of carbonyl (C=O) groups is 2. The highest BCUT2D eigenvalue weighted by Crippen LogP contribution is 2.13. The van der Waals surface area contributed by atoms with Crippen molar-refractivity contribution in [2.45, 2.75) is 219 Å². The Hall–Kier alpha value is -3.18. The summed E-state index contributed by atoms with van der Waals surface area (Å²) in [6, 6.07) is 0. The van der Waals surface area contributed by atoms with Crippen molar-refractivity contribution in [1.82, 2.24) is 0 Å². The van der Waals surface area contributed by atoms with E-state index in [1.54, 1.807) is 0 Å². The Kier molecular flexibility index (Phi) is 47.5. The quantitative estimate of drug-likeness (QED) is 0.0348. The predicted octanol–water partition coefficient (Wildman–Crippen LogP) is 16.7. The maximum atomic E-state index is 12.8. The van der Waals surface area contributed by atoms with Crippen LogP contribution in [0.25, 0.3) is 0 Å². The molecule has 0 rings (SSSR count). The van der Waals surface area contributed by atoms with Gasteiger partial charge in [0.05, 0.1) is 6.61 Å². The molecule has 0 bridgehead atoms. The van der Waals surface area contributed by atoms with Crippen LogP contribution in [0.4, 0.5) is 0 Å². The van der Waals surface area contributed by atoms with Gasteiger partial charge in [0.1, 0.15) is 6.61 Å². The summed E-state index contributed by atoms with van der Waals surface area (Å²) >= 11 is 0. The minimum atomic E-state index is -0.570. The van der Waals surface area contributed by atoms with Crippen LogP contribution in [0.2, 0.25) is 0 Å². The summed E-state index contributed by atoms with van der Waals surface area (Å²) in [5, 5.41) is 0. The lowest BCUT2D eigenvalue weighted by molar-refractivity contribution is -0.163. The van der Waals surface area contributed by atoms with Gasteiger partial charge < -0.3 is 14.2 Å². The number of ether oxygens (including phenoxy) is 3. The predicted molar refractivity (Wildman–Crippen MR) is 260 cm³/mol.